The zero-order valence-corrected chi connectivity index (χ0v) is 26.5. The minimum Gasteiger partial charge on any atom is -1.00 e. The average molecular weight is 618 g/mol. The van der Waals surface area contributed by atoms with Gasteiger partial charge in [0.25, 0.3) is 0 Å². The molecule has 4 aliphatic heterocycles. The maximum Gasteiger partial charge on any atom is 3.00 e. The summed E-state index contributed by atoms with van der Waals surface area (Å²) in [7, 11) is 0. The van der Waals surface area contributed by atoms with Gasteiger partial charge in [0.05, 0.1) is 17.1 Å². The number of aromatic nitrogens is 1. The Morgan fingerprint density at radius 3 is 2.08 bits per heavy atom. The summed E-state index contributed by atoms with van der Waals surface area (Å²) in [6, 6.07) is 0.143. The van der Waals surface area contributed by atoms with Gasteiger partial charge >= 0.3 is 16.8 Å². The first kappa shape index (κ1) is 30.4. The van der Waals surface area contributed by atoms with Crippen molar-refractivity contribution in [3.8, 4) is 0 Å². The molecule has 0 spiro atoms. The van der Waals surface area contributed by atoms with Crippen LogP contribution >= 0.6 is 0 Å². The second kappa shape index (κ2) is 11.9. The summed E-state index contributed by atoms with van der Waals surface area (Å²) >= 11 is 0. The summed E-state index contributed by atoms with van der Waals surface area (Å²) in [6.45, 7) is 17.8. The van der Waals surface area contributed by atoms with E-state index in [1.165, 1.54) is 50.3 Å². The average Bonchev–Trinajstić information content (AvgIpc) is 3.51. The predicted octanol–water partition coefficient (Wildman–Crippen LogP) is 5.33. The van der Waals surface area contributed by atoms with E-state index in [4.69, 9.17) is 20.3 Å². The largest absolute Gasteiger partial charge is 3.00 e. The van der Waals surface area contributed by atoms with Crippen LogP contribution in [0.2, 0.25) is 0 Å². The Bertz CT molecular complexity index is 1400. The van der Waals surface area contributed by atoms with E-state index < -0.39 is 0 Å². The molecule has 202 valence electrons. The van der Waals surface area contributed by atoms with Gasteiger partial charge in [-0.15, -0.1) is 17.1 Å². The fourth-order valence-corrected chi connectivity index (χ4v) is 6.24. The molecule has 1 aromatic heterocycles. The monoisotopic (exact) mass is 616 g/mol. The van der Waals surface area contributed by atoms with Gasteiger partial charge in [-0.1, -0.05) is 74.2 Å². The molecule has 0 saturated carbocycles. The third-order valence-corrected chi connectivity index (χ3v) is 8.44. The quantitative estimate of drug-likeness (QED) is 0.451. The molecule has 0 amide bonds. The van der Waals surface area contributed by atoms with Crippen LogP contribution in [0.5, 0.6) is 0 Å². The van der Waals surface area contributed by atoms with E-state index in [0.29, 0.717) is 0 Å². The summed E-state index contributed by atoms with van der Waals surface area (Å²) < 4.78 is 0. The van der Waals surface area contributed by atoms with Crippen molar-refractivity contribution in [1.29, 1.82) is 0 Å². The standard InChI is InChI=1S/C32H38N4.BrH.Co/c1-9-21-17(5)25-14-30-23(11-3)19(7)27(35-30)16-32-24(12-4)20(8)28(36-32)15-31-22(10-2)18(6)26(34-31)13-29(21)33-25;;/h13-15,32H,9-12,16H2,1-8H3;1H;/q-2;;+3/p-1/b26-13-,28-15-,30-14-;;. The van der Waals surface area contributed by atoms with Gasteiger partial charge < -0.3 is 27.3 Å². The zero-order chi connectivity index (χ0) is 25.7. The fraction of sp³-hybridized carbons (Fsp3) is 0.438. The van der Waals surface area contributed by atoms with E-state index in [1.54, 1.807) is 0 Å². The number of aliphatic imine (C=N–C) groups is 2. The Morgan fingerprint density at radius 2 is 1.45 bits per heavy atom. The Labute approximate surface area is 249 Å². The number of allylic oxidation sites excluding steroid dienone is 6. The number of hydrogen-bond acceptors (Lipinski definition) is 2. The van der Waals surface area contributed by atoms with Gasteiger partial charge in [-0.2, -0.15) is 0 Å². The van der Waals surface area contributed by atoms with Gasteiger partial charge in [-0.05, 0) is 82.1 Å². The first-order chi connectivity index (χ1) is 17.3. The fourth-order valence-electron chi connectivity index (χ4n) is 6.24. The van der Waals surface area contributed by atoms with Gasteiger partial charge in [0, 0.05) is 5.71 Å². The van der Waals surface area contributed by atoms with E-state index in [1.807, 2.05) is 0 Å². The molecule has 1 aromatic rings. The zero-order valence-electron chi connectivity index (χ0n) is 23.8. The number of nitrogens with zero attached hydrogens (tertiary/aromatic N) is 4. The van der Waals surface area contributed by atoms with Crippen molar-refractivity contribution in [3.63, 3.8) is 0 Å². The van der Waals surface area contributed by atoms with Gasteiger partial charge in [-0.25, -0.2) is 4.99 Å². The third-order valence-electron chi connectivity index (χ3n) is 8.44. The Morgan fingerprint density at radius 1 is 0.763 bits per heavy atom. The molecule has 0 radical (unpaired) electrons. The van der Waals surface area contributed by atoms with Crippen molar-refractivity contribution in [2.75, 3.05) is 0 Å². The molecule has 0 fully saturated rings. The SMILES string of the molecule is CCC1=C(C)/C2=C/c3[n-]c(c(C)c3CC)/C=C3\N=C(CC4[N-]/C(=C\C1=N2)C(C)=C4CC)C(C)=C3CC.[Br-].[Co+3]. The van der Waals surface area contributed by atoms with E-state index >= 15 is 0 Å². The maximum absolute atomic E-state index is 5.25. The van der Waals surface area contributed by atoms with Crippen LogP contribution in [0.4, 0.5) is 0 Å². The van der Waals surface area contributed by atoms with Crippen molar-refractivity contribution >= 4 is 23.6 Å². The van der Waals surface area contributed by atoms with Gasteiger partial charge in [0.1, 0.15) is 0 Å². The van der Waals surface area contributed by atoms with E-state index in [2.05, 4.69) is 73.6 Å². The van der Waals surface area contributed by atoms with Gasteiger partial charge in [0.2, 0.25) is 0 Å². The van der Waals surface area contributed by atoms with Crippen LogP contribution in [-0.4, -0.2) is 17.5 Å². The molecular weight excluding hydrogens is 579 g/mol. The molecule has 6 heteroatoms. The molecule has 4 nitrogen and oxygen atoms in total. The predicted molar refractivity (Wildman–Crippen MR) is 154 cm³/mol. The van der Waals surface area contributed by atoms with Crippen molar-refractivity contribution in [2.45, 2.75) is 93.5 Å². The molecular formula is C32H38BrCoN4. The first-order valence-electron chi connectivity index (χ1n) is 13.6. The van der Waals surface area contributed by atoms with Crippen molar-refractivity contribution < 1.29 is 33.8 Å². The third kappa shape index (κ3) is 4.96. The summed E-state index contributed by atoms with van der Waals surface area (Å²) in [5, 5.41) is 5.25. The van der Waals surface area contributed by atoms with Crippen LogP contribution in [0.1, 0.15) is 96.7 Å². The second-order valence-corrected chi connectivity index (χ2v) is 10.3. The van der Waals surface area contributed by atoms with E-state index in [9.17, 15) is 0 Å². The molecule has 1 unspecified atom stereocenters. The maximum atomic E-state index is 5.25. The molecule has 0 N–H and O–H groups in total. The van der Waals surface area contributed by atoms with E-state index in [-0.39, 0.29) is 39.8 Å². The van der Waals surface area contributed by atoms with Crippen LogP contribution < -0.4 is 22.0 Å². The molecule has 38 heavy (non-hydrogen) atoms. The molecule has 5 heterocycles. The molecule has 0 aliphatic carbocycles. The summed E-state index contributed by atoms with van der Waals surface area (Å²) in [5.74, 6) is 0. The molecule has 1 atom stereocenters. The topological polar surface area (TPSA) is 52.9 Å². The van der Waals surface area contributed by atoms with Crippen LogP contribution in [0.15, 0.2) is 66.6 Å². The van der Waals surface area contributed by atoms with Crippen molar-refractivity contribution in [2.24, 2.45) is 9.98 Å². The number of rotatable bonds is 4. The number of fused-ring (bicyclic) bond motifs is 6. The normalized spacial score (nSPS) is 24.5. The van der Waals surface area contributed by atoms with Gasteiger partial charge in [-0.3, -0.25) is 4.99 Å². The Hall–Kier alpha value is -2.15. The van der Waals surface area contributed by atoms with Gasteiger partial charge in [0.15, 0.2) is 0 Å². The van der Waals surface area contributed by atoms with Crippen LogP contribution in [-0.2, 0) is 23.2 Å². The first-order valence-corrected chi connectivity index (χ1v) is 13.6. The minimum atomic E-state index is 0. The smallest absolute Gasteiger partial charge is 1.00 e. The molecule has 0 saturated heterocycles. The second-order valence-electron chi connectivity index (χ2n) is 10.3. The number of hydrogen-bond donors (Lipinski definition) is 0. The van der Waals surface area contributed by atoms with Crippen LogP contribution in [0, 0.1) is 6.92 Å². The minimum absolute atomic E-state index is 0. The molecule has 5 rings (SSSR count). The van der Waals surface area contributed by atoms with Crippen molar-refractivity contribution in [1.82, 2.24) is 4.98 Å². The Kier molecular flexibility index (Phi) is 9.54. The van der Waals surface area contributed by atoms with Crippen LogP contribution in [0.25, 0.3) is 17.5 Å². The molecule has 8 bridgehead atoms. The summed E-state index contributed by atoms with van der Waals surface area (Å²) in [5.41, 5.74) is 17.9. The molecule has 0 aromatic carbocycles. The van der Waals surface area contributed by atoms with E-state index in [0.717, 1.165) is 66.3 Å². The summed E-state index contributed by atoms with van der Waals surface area (Å²) in [6.07, 6.45) is 11.3. The van der Waals surface area contributed by atoms with Crippen LogP contribution in [0.3, 0.4) is 0 Å². The number of halogens is 1. The Balaban J connectivity index is 0.00000200. The summed E-state index contributed by atoms with van der Waals surface area (Å²) in [4.78, 5) is 15.4. The van der Waals surface area contributed by atoms with Crippen molar-refractivity contribution in [3.05, 3.63) is 84.4 Å². The molecule has 4 aliphatic rings.